The third-order valence-corrected chi connectivity index (χ3v) is 4.34. The molecular formula is C12H13BrN4. The Labute approximate surface area is 108 Å². The van der Waals surface area contributed by atoms with E-state index < -0.39 is 0 Å². The van der Waals surface area contributed by atoms with Crippen molar-refractivity contribution >= 4 is 15.9 Å². The van der Waals surface area contributed by atoms with Gasteiger partial charge < -0.3 is 4.57 Å². The normalized spacial score (nSPS) is 18.6. The first-order chi connectivity index (χ1) is 8.33. The Balaban J connectivity index is 1.77. The predicted molar refractivity (Wildman–Crippen MR) is 67.7 cm³/mol. The van der Waals surface area contributed by atoms with Crippen LogP contribution in [0.3, 0.4) is 0 Å². The molecule has 0 unspecified atom stereocenters. The second-order valence-electron chi connectivity index (χ2n) is 4.83. The third-order valence-electron chi connectivity index (χ3n) is 3.54. The average Bonchev–Trinajstić information content (AvgIpc) is 2.77. The smallest absolute Gasteiger partial charge is 0.123 e. The summed E-state index contributed by atoms with van der Waals surface area (Å²) in [5.74, 6) is 1.19. The van der Waals surface area contributed by atoms with Gasteiger partial charge in [-0.1, -0.05) is 0 Å². The number of imidazole rings is 1. The van der Waals surface area contributed by atoms with E-state index in [1.54, 1.807) is 0 Å². The van der Waals surface area contributed by atoms with Crippen molar-refractivity contribution in [2.45, 2.75) is 38.3 Å². The molecule has 5 heteroatoms. The SMILES string of the molecule is Brc1c(-c2ccn(C3CC3)n2)nc2n1CCC2. The summed E-state index contributed by atoms with van der Waals surface area (Å²) in [4.78, 5) is 4.69. The maximum Gasteiger partial charge on any atom is 0.123 e. The monoisotopic (exact) mass is 292 g/mol. The highest BCUT2D eigenvalue weighted by Crippen LogP contribution is 2.36. The molecular weight excluding hydrogens is 280 g/mol. The molecule has 0 atom stereocenters. The van der Waals surface area contributed by atoms with Crippen molar-refractivity contribution in [3.63, 3.8) is 0 Å². The van der Waals surface area contributed by atoms with Crippen LogP contribution in [0.4, 0.5) is 0 Å². The number of aryl methyl sites for hydroxylation is 1. The van der Waals surface area contributed by atoms with Crippen LogP contribution < -0.4 is 0 Å². The number of halogens is 1. The van der Waals surface area contributed by atoms with Crippen molar-refractivity contribution in [2.75, 3.05) is 0 Å². The lowest BCUT2D eigenvalue weighted by Crippen LogP contribution is -1.94. The van der Waals surface area contributed by atoms with Crippen LogP contribution in [0.5, 0.6) is 0 Å². The van der Waals surface area contributed by atoms with Crippen LogP contribution in [0.25, 0.3) is 11.4 Å². The van der Waals surface area contributed by atoms with Gasteiger partial charge in [0.1, 0.15) is 21.8 Å². The summed E-state index contributed by atoms with van der Waals surface area (Å²) in [7, 11) is 0. The molecule has 0 aromatic carbocycles. The molecule has 2 aromatic rings. The summed E-state index contributed by atoms with van der Waals surface area (Å²) in [6.07, 6.45) is 6.90. The molecule has 88 valence electrons. The Morgan fingerprint density at radius 2 is 2.24 bits per heavy atom. The lowest BCUT2D eigenvalue weighted by Gasteiger charge is -1.98. The van der Waals surface area contributed by atoms with Crippen molar-refractivity contribution in [2.24, 2.45) is 0 Å². The van der Waals surface area contributed by atoms with Crippen LogP contribution in [0, 0.1) is 0 Å². The Bertz CT molecular complexity index is 579. The van der Waals surface area contributed by atoms with Crippen molar-refractivity contribution in [1.82, 2.24) is 19.3 Å². The molecule has 0 saturated heterocycles. The van der Waals surface area contributed by atoms with Gasteiger partial charge in [0.2, 0.25) is 0 Å². The second-order valence-corrected chi connectivity index (χ2v) is 5.59. The average molecular weight is 293 g/mol. The van der Waals surface area contributed by atoms with Gasteiger partial charge in [-0.15, -0.1) is 0 Å². The van der Waals surface area contributed by atoms with Crippen LogP contribution in [-0.2, 0) is 13.0 Å². The number of fused-ring (bicyclic) bond motifs is 1. The van der Waals surface area contributed by atoms with Gasteiger partial charge in [-0.25, -0.2) is 4.98 Å². The minimum Gasteiger partial charge on any atom is -0.322 e. The van der Waals surface area contributed by atoms with E-state index in [-0.39, 0.29) is 0 Å². The van der Waals surface area contributed by atoms with Crippen LogP contribution >= 0.6 is 15.9 Å². The summed E-state index contributed by atoms with van der Waals surface area (Å²) < 4.78 is 5.42. The number of rotatable bonds is 2. The van der Waals surface area contributed by atoms with E-state index in [1.165, 1.54) is 25.1 Å². The summed E-state index contributed by atoms with van der Waals surface area (Å²) in [6.45, 7) is 1.08. The first kappa shape index (κ1) is 9.88. The topological polar surface area (TPSA) is 35.6 Å². The van der Waals surface area contributed by atoms with E-state index in [4.69, 9.17) is 4.98 Å². The van der Waals surface area contributed by atoms with Crippen LogP contribution in [0.15, 0.2) is 16.9 Å². The van der Waals surface area contributed by atoms with Crippen LogP contribution in [0.2, 0.25) is 0 Å². The molecule has 2 aliphatic rings. The molecule has 4 nitrogen and oxygen atoms in total. The third kappa shape index (κ3) is 1.48. The molecule has 0 bridgehead atoms. The van der Waals surface area contributed by atoms with Crippen LogP contribution in [-0.4, -0.2) is 19.3 Å². The van der Waals surface area contributed by atoms with Crippen molar-refractivity contribution < 1.29 is 0 Å². The highest BCUT2D eigenvalue weighted by atomic mass is 79.9. The van der Waals surface area contributed by atoms with Gasteiger partial charge in [0.15, 0.2) is 0 Å². The van der Waals surface area contributed by atoms with E-state index in [9.17, 15) is 0 Å². The lowest BCUT2D eigenvalue weighted by atomic mass is 10.3. The molecule has 4 rings (SSSR count). The van der Waals surface area contributed by atoms with E-state index in [0.29, 0.717) is 6.04 Å². The van der Waals surface area contributed by atoms with Gasteiger partial charge in [0, 0.05) is 19.2 Å². The van der Waals surface area contributed by atoms with Gasteiger partial charge >= 0.3 is 0 Å². The molecule has 0 N–H and O–H groups in total. The molecule has 1 aliphatic carbocycles. The van der Waals surface area contributed by atoms with Crippen molar-refractivity contribution in [3.05, 3.63) is 22.7 Å². The Kier molecular flexibility index (Phi) is 2.00. The summed E-state index contributed by atoms with van der Waals surface area (Å²) >= 11 is 3.65. The first-order valence-corrected chi connectivity index (χ1v) is 6.92. The Morgan fingerprint density at radius 1 is 1.35 bits per heavy atom. The zero-order chi connectivity index (χ0) is 11.4. The van der Waals surface area contributed by atoms with E-state index in [2.05, 4.69) is 42.5 Å². The minimum atomic E-state index is 0.636. The summed E-state index contributed by atoms with van der Waals surface area (Å²) in [5.41, 5.74) is 1.99. The molecule has 0 amide bonds. The Morgan fingerprint density at radius 3 is 3.00 bits per heavy atom. The standard InChI is InChI=1S/C12H13BrN4/c13-12-11(14-10-2-1-6-16(10)12)9-5-7-17(15-9)8-3-4-8/h5,7-8H,1-4,6H2. The van der Waals surface area contributed by atoms with Crippen LogP contribution in [0.1, 0.15) is 31.1 Å². The maximum absolute atomic E-state index is 4.69. The molecule has 1 aliphatic heterocycles. The fourth-order valence-corrected chi connectivity index (χ4v) is 3.13. The Hall–Kier alpha value is -1.10. The van der Waals surface area contributed by atoms with Gasteiger partial charge in [-0.3, -0.25) is 4.68 Å². The second kappa shape index (κ2) is 3.45. The maximum atomic E-state index is 4.69. The molecule has 0 radical (unpaired) electrons. The molecule has 17 heavy (non-hydrogen) atoms. The van der Waals surface area contributed by atoms with E-state index in [0.717, 1.165) is 29.0 Å². The van der Waals surface area contributed by atoms with E-state index in [1.807, 2.05) is 0 Å². The highest BCUT2D eigenvalue weighted by Gasteiger charge is 2.26. The van der Waals surface area contributed by atoms with Gasteiger partial charge in [0.05, 0.1) is 6.04 Å². The van der Waals surface area contributed by atoms with Crippen molar-refractivity contribution in [3.8, 4) is 11.4 Å². The number of nitrogens with zero attached hydrogens (tertiary/aromatic N) is 4. The molecule has 3 heterocycles. The largest absolute Gasteiger partial charge is 0.322 e. The summed E-state index contributed by atoms with van der Waals surface area (Å²) in [6, 6.07) is 2.71. The number of hydrogen-bond acceptors (Lipinski definition) is 2. The quantitative estimate of drug-likeness (QED) is 0.853. The number of hydrogen-bond donors (Lipinski definition) is 0. The molecule has 1 saturated carbocycles. The predicted octanol–water partition coefficient (Wildman–Crippen LogP) is 2.79. The zero-order valence-corrected chi connectivity index (χ0v) is 11.0. The van der Waals surface area contributed by atoms with Gasteiger partial charge in [0.25, 0.3) is 0 Å². The minimum absolute atomic E-state index is 0.636. The fourth-order valence-electron chi connectivity index (χ4n) is 2.46. The van der Waals surface area contributed by atoms with Gasteiger partial charge in [-0.05, 0) is 41.3 Å². The molecule has 0 spiro atoms. The first-order valence-electron chi connectivity index (χ1n) is 6.13. The van der Waals surface area contributed by atoms with Gasteiger partial charge in [-0.2, -0.15) is 5.10 Å². The summed E-state index contributed by atoms with van der Waals surface area (Å²) in [5, 5.41) is 4.63. The fraction of sp³-hybridized carbons (Fsp3) is 0.500. The van der Waals surface area contributed by atoms with Crippen molar-refractivity contribution in [1.29, 1.82) is 0 Å². The molecule has 1 fully saturated rings. The van der Waals surface area contributed by atoms with E-state index >= 15 is 0 Å². The lowest BCUT2D eigenvalue weighted by molar-refractivity contribution is 0.643. The zero-order valence-electron chi connectivity index (χ0n) is 9.43. The highest BCUT2D eigenvalue weighted by molar-refractivity contribution is 9.10. The molecule has 2 aromatic heterocycles. The number of aromatic nitrogens is 4.